The highest BCUT2D eigenvalue weighted by molar-refractivity contribution is 7.88. The first-order valence-corrected chi connectivity index (χ1v) is 8.75. The molecule has 0 unspecified atom stereocenters. The largest absolute Gasteiger partial charge is 0.338 e. The van der Waals surface area contributed by atoms with Crippen LogP contribution in [0.4, 0.5) is 4.79 Å². The smallest absolute Gasteiger partial charge is 0.314 e. The molecule has 1 saturated carbocycles. The van der Waals surface area contributed by atoms with Crippen LogP contribution in [0.2, 0.25) is 0 Å². The van der Waals surface area contributed by atoms with Crippen LogP contribution < -0.4 is 10.6 Å². The second-order valence-electron chi connectivity index (χ2n) is 5.04. The zero-order chi connectivity index (χ0) is 14.3. The quantitative estimate of drug-likeness (QED) is 0.648. The average Bonchev–Trinajstić information content (AvgIpc) is 2.25. The lowest BCUT2D eigenvalue weighted by Gasteiger charge is -2.25. The Morgan fingerprint density at radius 1 is 1.32 bits per heavy atom. The van der Waals surface area contributed by atoms with Crippen LogP contribution in [0.25, 0.3) is 0 Å². The first kappa shape index (κ1) is 16.2. The standard InChI is InChI=1S/C12H25N3O3S/c1-3-15(19(2,17)18)9-5-8-13-12(16)14-10-11-6-4-7-11/h11H,3-10H2,1-2H3,(H2,13,14,16). The third-order valence-electron chi connectivity index (χ3n) is 3.47. The lowest BCUT2D eigenvalue weighted by Crippen LogP contribution is -2.40. The molecule has 0 radical (unpaired) electrons. The molecule has 1 aliphatic rings. The molecule has 2 N–H and O–H groups in total. The fraction of sp³-hybridized carbons (Fsp3) is 0.917. The van der Waals surface area contributed by atoms with Crippen molar-refractivity contribution in [2.24, 2.45) is 5.92 Å². The van der Waals surface area contributed by atoms with Gasteiger partial charge in [-0.3, -0.25) is 0 Å². The fourth-order valence-electron chi connectivity index (χ4n) is 2.01. The minimum Gasteiger partial charge on any atom is -0.338 e. The predicted molar refractivity (Wildman–Crippen MR) is 75.5 cm³/mol. The van der Waals surface area contributed by atoms with E-state index in [0.717, 1.165) is 6.54 Å². The maximum Gasteiger partial charge on any atom is 0.314 e. The van der Waals surface area contributed by atoms with Crippen LogP contribution in [0.3, 0.4) is 0 Å². The lowest BCUT2D eigenvalue weighted by atomic mass is 9.85. The molecule has 0 aromatic rings. The Kier molecular flexibility index (Phi) is 6.57. The number of rotatable bonds is 8. The number of urea groups is 1. The van der Waals surface area contributed by atoms with Gasteiger partial charge in [0, 0.05) is 26.2 Å². The van der Waals surface area contributed by atoms with E-state index in [1.807, 2.05) is 0 Å². The molecule has 1 rings (SSSR count). The number of carbonyl (C=O) groups excluding carboxylic acids is 1. The van der Waals surface area contributed by atoms with Crippen LogP contribution in [-0.4, -0.2) is 51.2 Å². The fourth-order valence-corrected chi connectivity index (χ4v) is 2.94. The normalized spacial score (nSPS) is 16.2. The van der Waals surface area contributed by atoms with Gasteiger partial charge in [-0.25, -0.2) is 17.5 Å². The molecule has 0 aromatic heterocycles. The topological polar surface area (TPSA) is 78.5 Å². The zero-order valence-corrected chi connectivity index (χ0v) is 12.6. The van der Waals surface area contributed by atoms with Gasteiger partial charge in [-0.1, -0.05) is 13.3 Å². The summed E-state index contributed by atoms with van der Waals surface area (Å²) in [6, 6.07) is -0.158. The van der Waals surface area contributed by atoms with Crippen molar-refractivity contribution in [1.29, 1.82) is 0 Å². The van der Waals surface area contributed by atoms with Gasteiger partial charge in [-0.15, -0.1) is 0 Å². The maximum absolute atomic E-state index is 11.4. The zero-order valence-electron chi connectivity index (χ0n) is 11.8. The van der Waals surface area contributed by atoms with Crippen molar-refractivity contribution >= 4 is 16.1 Å². The third kappa shape index (κ3) is 6.24. The van der Waals surface area contributed by atoms with E-state index < -0.39 is 10.0 Å². The molecular weight excluding hydrogens is 266 g/mol. The molecule has 2 amide bonds. The van der Waals surface area contributed by atoms with Crippen molar-refractivity contribution in [3.05, 3.63) is 0 Å². The molecule has 6 nitrogen and oxygen atoms in total. The lowest BCUT2D eigenvalue weighted by molar-refractivity contribution is 0.232. The number of carbonyl (C=O) groups is 1. The molecule has 1 fully saturated rings. The third-order valence-corrected chi connectivity index (χ3v) is 4.85. The second kappa shape index (κ2) is 7.69. The maximum atomic E-state index is 11.4. The molecule has 0 heterocycles. The van der Waals surface area contributed by atoms with Crippen LogP contribution >= 0.6 is 0 Å². The molecule has 0 saturated heterocycles. The summed E-state index contributed by atoms with van der Waals surface area (Å²) in [5, 5.41) is 5.58. The first-order valence-electron chi connectivity index (χ1n) is 6.90. The summed E-state index contributed by atoms with van der Waals surface area (Å²) in [6.45, 7) is 3.95. The number of nitrogens with one attached hydrogen (secondary N) is 2. The Labute approximate surface area is 116 Å². The monoisotopic (exact) mass is 291 g/mol. The van der Waals surface area contributed by atoms with Gasteiger partial charge in [-0.05, 0) is 25.2 Å². The van der Waals surface area contributed by atoms with E-state index in [1.54, 1.807) is 6.92 Å². The van der Waals surface area contributed by atoms with Crippen molar-refractivity contribution in [2.75, 3.05) is 32.4 Å². The number of hydrogen-bond donors (Lipinski definition) is 2. The Bertz CT molecular complexity index is 380. The molecule has 0 atom stereocenters. The highest BCUT2D eigenvalue weighted by Gasteiger charge is 2.17. The highest BCUT2D eigenvalue weighted by Crippen LogP contribution is 2.24. The van der Waals surface area contributed by atoms with Gasteiger partial charge >= 0.3 is 6.03 Å². The van der Waals surface area contributed by atoms with Gasteiger partial charge in [0.2, 0.25) is 10.0 Å². The van der Waals surface area contributed by atoms with E-state index in [1.165, 1.54) is 29.8 Å². The number of nitrogens with zero attached hydrogens (tertiary/aromatic N) is 1. The Hall–Kier alpha value is -0.820. The van der Waals surface area contributed by atoms with Gasteiger partial charge < -0.3 is 10.6 Å². The van der Waals surface area contributed by atoms with Crippen molar-refractivity contribution in [3.8, 4) is 0 Å². The van der Waals surface area contributed by atoms with E-state index in [0.29, 0.717) is 32.0 Å². The van der Waals surface area contributed by atoms with Crippen molar-refractivity contribution < 1.29 is 13.2 Å². The molecular formula is C12H25N3O3S. The molecule has 1 aliphatic carbocycles. The number of sulfonamides is 1. The van der Waals surface area contributed by atoms with E-state index >= 15 is 0 Å². The van der Waals surface area contributed by atoms with Gasteiger partial charge in [0.15, 0.2) is 0 Å². The van der Waals surface area contributed by atoms with Crippen LogP contribution in [0, 0.1) is 5.92 Å². The van der Waals surface area contributed by atoms with Crippen molar-refractivity contribution in [2.45, 2.75) is 32.6 Å². The molecule has 112 valence electrons. The number of amides is 2. The molecule has 19 heavy (non-hydrogen) atoms. The molecule has 0 aromatic carbocycles. The van der Waals surface area contributed by atoms with E-state index in [4.69, 9.17) is 0 Å². The van der Waals surface area contributed by atoms with Crippen LogP contribution in [0.1, 0.15) is 32.6 Å². The summed E-state index contributed by atoms with van der Waals surface area (Å²) in [7, 11) is -3.13. The molecule has 0 bridgehead atoms. The summed E-state index contributed by atoms with van der Waals surface area (Å²) >= 11 is 0. The molecule has 7 heteroatoms. The summed E-state index contributed by atoms with van der Waals surface area (Å²) in [5.74, 6) is 0.645. The number of hydrogen-bond acceptors (Lipinski definition) is 3. The van der Waals surface area contributed by atoms with E-state index in [9.17, 15) is 13.2 Å². The predicted octanol–water partition coefficient (Wildman–Crippen LogP) is 0.757. The van der Waals surface area contributed by atoms with E-state index in [2.05, 4.69) is 10.6 Å². The SMILES string of the molecule is CCN(CCCNC(=O)NCC1CCC1)S(C)(=O)=O. The Morgan fingerprint density at radius 2 is 2.00 bits per heavy atom. The Balaban J connectivity index is 2.07. The first-order chi connectivity index (χ1) is 8.93. The minimum atomic E-state index is -3.13. The van der Waals surface area contributed by atoms with Gasteiger partial charge in [0.25, 0.3) is 0 Å². The summed E-state index contributed by atoms with van der Waals surface area (Å²) in [5.41, 5.74) is 0. The average molecular weight is 291 g/mol. The Morgan fingerprint density at radius 3 is 2.47 bits per heavy atom. The highest BCUT2D eigenvalue weighted by atomic mass is 32.2. The van der Waals surface area contributed by atoms with Gasteiger partial charge in [0.05, 0.1) is 6.26 Å². The minimum absolute atomic E-state index is 0.158. The van der Waals surface area contributed by atoms with E-state index in [-0.39, 0.29) is 6.03 Å². The summed E-state index contributed by atoms with van der Waals surface area (Å²) in [6.07, 6.45) is 5.51. The van der Waals surface area contributed by atoms with Crippen LogP contribution in [-0.2, 0) is 10.0 Å². The van der Waals surface area contributed by atoms with Crippen molar-refractivity contribution in [3.63, 3.8) is 0 Å². The molecule has 0 spiro atoms. The molecule has 0 aliphatic heterocycles. The van der Waals surface area contributed by atoms with Crippen LogP contribution in [0.15, 0.2) is 0 Å². The van der Waals surface area contributed by atoms with Crippen molar-refractivity contribution in [1.82, 2.24) is 14.9 Å². The summed E-state index contributed by atoms with van der Waals surface area (Å²) in [4.78, 5) is 11.4. The van der Waals surface area contributed by atoms with Gasteiger partial charge in [0.1, 0.15) is 0 Å². The van der Waals surface area contributed by atoms with Crippen LogP contribution in [0.5, 0.6) is 0 Å². The van der Waals surface area contributed by atoms with Gasteiger partial charge in [-0.2, -0.15) is 0 Å². The second-order valence-corrected chi connectivity index (χ2v) is 7.02. The summed E-state index contributed by atoms with van der Waals surface area (Å²) < 4.78 is 24.1.